The van der Waals surface area contributed by atoms with Crippen LogP contribution in [0.2, 0.25) is 5.02 Å². The number of aryl methyl sites for hydroxylation is 2. The van der Waals surface area contributed by atoms with Crippen LogP contribution in [-0.4, -0.2) is 21.5 Å². The first kappa shape index (κ1) is 19.5. The number of hydrogen-bond acceptors (Lipinski definition) is 7. The van der Waals surface area contributed by atoms with Crippen LogP contribution in [0.15, 0.2) is 41.9 Å². The second-order valence-corrected chi connectivity index (χ2v) is 9.80. The molecule has 0 amide bonds. The Morgan fingerprint density at radius 1 is 1.17 bits per heavy atom. The molecule has 30 heavy (non-hydrogen) atoms. The Kier molecular flexibility index (Phi) is 5.18. The molecule has 4 aromatic rings. The molecule has 0 bridgehead atoms. The Balaban J connectivity index is 1.26. The number of halogens is 1. The smallest absolute Gasteiger partial charge is 0.188 e. The molecule has 1 N–H and O–H groups in total. The third-order valence-electron chi connectivity index (χ3n) is 5.11. The summed E-state index contributed by atoms with van der Waals surface area (Å²) >= 11 is 9.37. The highest BCUT2D eigenvalue weighted by molar-refractivity contribution is 7.16. The number of hydrogen-bond donors (Lipinski definition) is 1. The highest BCUT2D eigenvalue weighted by Gasteiger charge is 2.19. The van der Waals surface area contributed by atoms with E-state index in [1.54, 1.807) is 22.7 Å². The van der Waals surface area contributed by atoms with Crippen LogP contribution in [-0.2, 0) is 13.0 Å². The van der Waals surface area contributed by atoms with Crippen molar-refractivity contribution in [2.75, 3.05) is 16.8 Å². The van der Waals surface area contributed by atoms with E-state index >= 15 is 0 Å². The summed E-state index contributed by atoms with van der Waals surface area (Å²) in [7, 11) is 0. The largest absolute Gasteiger partial charge is 0.367 e. The minimum absolute atomic E-state index is 0.797. The van der Waals surface area contributed by atoms with Crippen LogP contribution in [0, 0.1) is 13.8 Å². The lowest BCUT2D eigenvalue weighted by atomic mass is 10.2. The van der Waals surface area contributed by atoms with Crippen LogP contribution in [0.3, 0.4) is 0 Å². The third kappa shape index (κ3) is 3.93. The average Bonchev–Trinajstić information content (AvgIpc) is 3.42. The van der Waals surface area contributed by atoms with Crippen LogP contribution >= 0.6 is 34.3 Å². The van der Waals surface area contributed by atoms with E-state index in [1.165, 1.54) is 16.8 Å². The van der Waals surface area contributed by atoms with E-state index in [-0.39, 0.29) is 0 Å². The normalized spacial score (nSPS) is 13.0. The van der Waals surface area contributed by atoms with Crippen molar-refractivity contribution >= 4 is 50.9 Å². The molecular weight excluding hydrogens is 434 g/mol. The molecule has 0 saturated heterocycles. The van der Waals surface area contributed by atoms with E-state index in [0.29, 0.717) is 0 Å². The van der Waals surface area contributed by atoms with Gasteiger partial charge in [0, 0.05) is 35.4 Å². The van der Waals surface area contributed by atoms with Gasteiger partial charge in [-0.15, -0.1) is 22.7 Å². The van der Waals surface area contributed by atoms with Crippen molar-refractivity contribution in [3.05, 3.63) is 68.8 Å². The zero-order valence-corrected chi connectivity index (χ0v) is 19.0. The Bertz CT molecular complexity index is 1200. The summed E-state index contributed by atoms with van der Waals surface area (Å²) in [5.41, 5.74) is 5.77. The highest BCUT2D eigenvalue weighted by Crippen LogP contribution is 2.33. The first-order valence-electron chi connectivity index (χ1n) is 9.70. The fourth-order valence-electron chi connectivity index (χ4n) is 3.73. The molecule has 5 nitrogen and oxygen atoms in total. The number of nitrogens with one attached hydrogen (secondary N) is 1. The molecule has 0 fully saturated rings. The van der Waals surface area contributed by atoms with Gasteiger partial charge in [-0.1, -0.05) is 17.7 Å². The molecule has 0 spiro atoms. The summed E-state index contributed by atoms with van der Waals surface area (Å²) in [6.45, 7) is 5.90. The lowest BCUT2D eigenvalue weighted by Gasteiger charge is -2.19. The van der Waals surface area contributed by atoms with Gasteiger partial charge in [-0.05, 0) is 55.7 Å². The summed E-state index contributed by atoms with van der Waals surface area (Å²) in [5, 5.41) is 8.08. The Morgan fingerprint density at radius 3 is 2.83 bits per heavy atom. The van der Waals surface area contributed by atoms with E-state index in [9.17, 15) is 0 Å². The van der Waals surface area contributed by atoms with Crippen molar-refractivity contribution in [2.45, 2.75) is 26.8 Å². The molecule has 152 valence electrons. The van der Waals surface area contributed by atoms with Crippen LogP contribution < -0.4 is 10.2 Å². The van der Waals surface area contributed by atoms with Gasteiger partial charge in [0.15, 0.2) is 5.13 Å². The minimum atomic E-state index is 0.797. The molecule has 0 aliphatic carbocycles. The molecule has 1 aromatic carbocycles. The zero-order valence-electron chi connectivity index (χ0n) is 16.6. The van der Waals surface area contributed by atoms with Gasteiger partial charge in [-0.25, -0.2) is 15.0 Å². The molecule has 0 atom stereocenters. The van der Waals surface area contributed by atoms with E-state index in [1.807, 2.05) is 32.2 Å². The summed E-state index contributed by atoms with van der Waals surface area (Å²) in [5.74, 6) is 0.797. The van der Waals surface area contributed by atoms with Gasteiger partial charge in [0.25, 0.3) is 0 Å². The van der Waals surface area contributed by atoms with Gasteiger partial charge < -0.3 is 10.2 Å². The van der Waals surface area contributed by atoms with Gasteiger partial charge in [0.1, 0.15) is 5.82 Å². The maximum absolute atomic E-state index is 6.12. The van der Waals surface area contributed by atoms with Crippen LogP contribution in [0.4, 0.5) is 16.6 Å². The number of thiazole rings is 2. The van der Waals surface area contributed by atoms with Crippen LogP contribution in [0.5, 0.6) is 0 Å². The predicted molar refractivity (Wildman–Crippen MR) is 126 cm³/mol. The first-order chi connectivity index (χ1) is 14.5. The molecule has 8 heteroatoms. The number of nitrogens with zero attached hydrogens (tertiary/aromatic N) is 4. The standard InChI is InChI=1S/C22H20ClN5S2/c1-13-21(30-14(2)25-13)18-12-29-22(26-18)27-20-6-3-15(10-24-20)11-28-8-7-16-9-17(23)4-5-19(16)28/h3-6,9-10,12H,7-8,11H2,1-2H3,(H,24,26,27). The summed E-state index contributed by atoms with van der Waals surface area (Å²) in [6.07, 6.45) is 2.97. The van der Waals surface area contributed by atoms with Crippen LogP contribution in [0.25, 0.3) is 10.6 Å². The van der Waals surface area contributed by atoms with Gasteiger partial charge >= 0.3 is 0 Å². The number of anilines is 3. The molecule has 5 rings (SSSR count). The maximum Gasteiger partial charge on any atom is 0.188 e. The molecule has 1 aliphatic heterocycles. The van der Waals surface area contributed by atoms with Crippen molar-refractivity contribution in [2.24, 2.45) is 0 Å². The number of rotatable bonds is 5. The Labute approximate surface area is 188 Å². The molecular formula is C22H20ClN5S2. The molecule has 0 radical (unpaired) electrons. The van der Waals surface area contributed by atoms with Gasteiger partial charge in [0.2, 0.25) is 0 Å². The van der Waals surface area contributed by atoms with Crippen molar-refractivity contribution in [1.29, 1.82) is 0 Å². The van der Waals surface area contributed by atoms with Gasteiger partial charge in [0.05, 0.1) is 21.3 Å². The Hall–Kier alpha value is -2.48. The minimum Gasteiger partial charge on any atom is -0.367 e. The summed E-state index contributed by atoms with van der Waals surface area (Å²) < 4.78 is 0. The van der Waals surface area contributed by atoms with Gasteiger partial charge in [-0.2, -0.15) is 0 Å². The highest BCUT2D eigenvalue weighted by atomic mass is 35.5. The summed E-state index contributed by atoms with van der Waals surface area (Å²) in [6, 6.07) is 10.3. The number of benzene rings is 1. The third-order valence-corrected chi connectivity index (χ3v) is 7.20. The number of fused-ring (bicyclic) bond motifs is 1. The zero-order chi connectivity index (χ0) is 20.7. The number of pyridine rings is 1. The van der Waals surface area contributed by atoms with Crippen molar-refractivity contribution in [1.82, 2.24) is 15.0 Å². The molecule has 4 heterocycles. The average molecular weight is 454 g/mol. The lowest BCUT2D eigenvalue weighted by molar-refractivity contribution is 0.832. The quantitative estimate of drug-likeness (QED) is 0.387. The topological polar surface area (TPSA) is 53.9 Å². The second kappa shape index (κ2) is 7.98. The predicted octanol–water partition coefficient (Wildman–Crippen LogP) is 6.24. The van der Waals surface area contributed by atoms with E-state index < -0.39 is 0 Å². The van der Waals surface area contributed by atoms with E-state index in [0.717, 1.165) is 56.8 Å². The van der Waals surface area contributed by atoms with Crippen LogP contribution in [0.1, 0.15) is 21.8 Å². The fourth-order valence-corrected chi connectivity index (χ4v) is 5.59. The van der Waals surface area contributed by atoms with Crippen molar-refractivity contribution < 1.29 is 0 Å². The maximum atomic E-state index is 6.12. The second-order valence-electron chi connectivity index (χ2n) is 7.31. The first-order valence-corrected chi connectivity index (χ1v) is 11.8. The number of aromatic nitrogens is 3. The molecule has 0 unspecified atom stereocenters. The van der Waals surface area contributed by atoms with Crippen molar-refractivity contribution in [3.8, 4) is 10.6 Å². The Morgan fingerprint density at radius 2 is 2.07 bits per heavy atom. The molecule has 0 saturated carbocycles. The SMILES string of the molecule is Cc1nc(C)c(-c2csc(Nc3ccc(CN4CCc5cc(Cl)ccc54)cn3)n2)s1. The summed E-state index contributed by atoms with van der Waals surface area (Å²) in [4.78, 5) is 17.3. The van der Waals surface area contributed by atoms with E-state index in [2.05, 4.69) is 43.8 Å². The monoisotopic (exact) mass is 453 g/mol. The van der Waals surface area contributed by atoms with Gasteiger partial charge in [-0.3, -0.25) is 0 Å². The molecule has 1 aliphatic rings. The molecule has 3 aromatic heterocycles. The van der Waals surface area contributed by atoms with Crippen molar-refractivity contribution in [3.63, 3.8) is 0 Å². The van der Waals surface area contributed by atoms with E-state index in [4.69, 9.17) is 16.6 Å². The fraction of sp³-hybridized carbons (Fsp3) is 0.227. The lowest BCUT2D eigenvalue weighted by Crippen LogP contribution is -2.19.